The Balaban J connectivity index is 1.16. The molecule has 0 bridgehead atoms. The molecule has 0 N–H and O–H groups in total. The van der Waals surface area contributed by atoms with Gasteiger partial charge in [-0.25, -0.2) is 14.8 Å². The maximum atomic E-state index is 12.2. The summed E-state index contributed by atoms with van der Waals surface area (Å²) in [6.45, 7) is 9.85. The van der Waals surface area contributed by atoms with E-state index in [2.05, 4.69) is 27.0 Å². The van der Waals surface area contributed by atoms with Crippen LogP contribution in [0.25, 0.3) is 0 Å². The Morgan fingerprint density at radius 2 is 1.72 bits per heavy atom. The number of allylic oxidation sites excluding steroid dienone is 1. The molecule has 0 aromatic carbocycles. The summed E-state index contributed by atoms with van der Waals surface area (Å²) in [4.78, 5) is 25.0. The van der Waals surface area contributed by atoms with Gasteiger partial charge in [0.15, 0.2) is 0 Å². The fourth-order valence-corrected chi connectivity index (χ4v) is 4.90. The molecule has 3 heterocycles. The molecule has 1 amide bonds. The van der Waals surface area contributed by atoms with Crippen LogP contribution in [0.4, 0.5) is 10.7 Å². The Kier molecular flexibility index (Phi) is 7.25. The highest BCUT2D eigenvalue weighted by Crippen LogP contribution is 2.38. The van der Waals surface area contributed by atoms with Gasteiger partial charge in [-0.1, -0.05) is 23.8 Å². The molecule has 1 aromatic heterocycles. The lowest BCUT2D eigenvalue weighted by Gasteiger charge is -2.41. The molecule has 2 unspecified atom stereocenters. The molecule has 0 saturated carbocycles. The molecule has 2 fully saturated rings. The summed E-state index contributed by atoms with van der Waals surface area (Å²) < 4.78 is 11.7. The van der Waals surface area contributed by atoms with E-state index in [1.54, 1.807) is 17.3 Å². The average Bonchev–Trinajstić information content (AvgIpc) is 2.73. The highest BCUT2D eigenvalue weighted by molar-refractivity contribution is 6.30. The van der Waals surface area contributed by atoms with E-state index in [-0.39, 0.29) is 12.2 Å². The SMILES string of the molecule is CC(C)(C)OC(=O)N1CCC(OCC2C=CC2C2CCN(c3ncc(Cl)cn3)CC2)CC1. The first-order valence-corrected chi connectivity index (χ1v) is 12.2. The lowest BCUT2D eigenvalue weighted by atomic mass is 9.71. The first-order chi connectivity index (χ1) is 15.3. The quantitative estimate of drug-likeness (QED) is 0.597. The fraction of sp³-hybridized carbons (Fsp3) is 0.708. The molecule has 32 heavy (non-hydrogen) atoms. The average molecular weight is 463 g/mol. The summed E-state index contributed by atoms with van der Waals surface area (Å²) in [5, 5.41) is 0.571. The van der Waals surface area contributed by atoms with Crippen LogP contribution in [-0.4, -0.2) is 65.5 Å². The lowest BCUT2D eigenvalue weighted by Crippen LogP contribution is -2.44. The van der Waals surface area contributed by atoms with Crippen molar-refractivity contribution < 1.29 is 14.3 Å². The number of nitrogens with zero attached hydrogens (tertiary/aromatic N) is 4. The van der Waals surface area contributed by atoms with Crippen molar-refractivity contribution in [3.8, 4) is 0 Å². The number of carbonyl (C=O) groups is 1. The van der Waals surface area contributed by atoms with Gasteiger partial charge in [0.05, 0.1) is 30.1 Å². The highest BCUT2D eigenvalue weighted by atomic mass is 35.5. The number of hydrogen-bond donors (Lipinski definition) is 0. The number of halogens is 1. The van der Waals surface area contributed by atoms with E-state index >= 15 is 0 Å². The third-order valence-electron chi connectivity index (χ3n) is 6.67. The molecule has 8 heteroatoms. The third kappa shape index (κ3) is 5.93. The molecule has 2 atom stereocenters. The molecule has 0 radical (unpaired) electrons. The van der Waals surface area contributed by atoms with Gasteiger partial charge in [-0.2, -0.15) is 0 Å². The second kappa shape index (κ2) is 9.96. The van der Waals surface area contributed by atoms with Crippen LogP contribution in [0, 0.1) is 17.8 Å². The van der Waals surface area contributed by atoms with Crippen LogP contribution in [0.2, 0.25) is 5.02 Å². The van der Waals surface area contributed by atoms with Crippen LogP contribution < -0.4 is 4.90 Å². The van der Waals surface area contributed by atoms with Gasteiger partial charge in [-0.3, -0.25) is 0 Å². The lowest BCUT2D eigenvalue weighted by molar-refractivity contribution is -0.0251. The minimum Gasteiger partial charge on any atom is -0.444 e. The maximum Gasteiger partial charge on any atom is 0.410 e. The van der Waals surface area contributed by atoms with Gasteiger partial charge in [0.25, 0.3) is 0 Å². The monoisotopic (exact) mass is 462 g/mol. The second-order valence-electron chi connectivity index (χ2n) is 10.2. The van der Waals surface area contributed by atoms with Crippen LogP contribution in [0.5, 0.6) is 0 Å². The van der Waals surface area contributed by atoms with Gasteiger partial charge < -0.3 is 19.3 Å². The zero-order valence-corrected chi connectivity index (χ0v) is 20.1. The van der Waals surface area contributed by atoms with Gasteiger partial charge in [-0.15, -0.1) is 0 Å². The molecule has 176 valence electrons. The summed E-state index contributed by atoms with van der Waals surface area (Å²) in [5.41, 5.74) is -0.450. The van der Waals surface area contributed by atoms with E-state index in [1.165, 1.54) is 0 Å². The number of ether oxygens (including phenoxy) is 2. The van der Waals surface area contributed by atoms with Crippen LogP contribution in [0.3, 0.4) is 0 Å². The number of likely N-dealkylation sites (tertiary alicyclic amines) is 1. The largest absolute Gasteiger partial charge is 0.444 e. The van der Waals surface area contributed by atoms with Gasteiger partial charge in [-0.05, 0) is 58.3 Å². The zero-order chi connectivity index (χ0) is 22.7. The van der Waals surface area contributed by atoms with Crippen molar-refractivity contribution in [2.24, 2.45) is 17.8 Å². The number of amides is 1. The predicted octanol–water partition coefficient (Wildman–Crippen LogP) is 4.56. The van der Waals surface area contributed by atoms with Gasteiger partial charge in [0.2, 0.25) is 5.95 Å². The van der Waals surface area contributed by atoms with Gasteiger partial charge in [0, 0.05) is 32.1 Å². The van der Waals surface area contributed by atoms with Crippen molar-refractivity contribution in [1.29, 1.82) is 0 Å². The van der Waals surface area contributed by atoms with E-state index in [0.29, 0.717) is 35.9 Å². The molecule has 1 aliphatic carbocycles. The molecule has 3 aliphatic rings. The van der Waals surface area contributed by atoms with Crippen LogP contribution in [-0.2, 0) is 9.47 Å². The Morgan fingerprint density at radius 1 is 1.06 bits per heavy atom. The number of carbonyl (C=O) groups excluding carboxylic acids is 1. The summed E-state index contributed by atoms with van der Waals surface area (Å²) in [6, 6.07) is 0. The number of hydrogen-bond acceptors (Lipinski definition) is 6. The molecular weight excluding hydrogens is 428 g/mol. The Hall–Kier alpha value is -1.86. The van der Waals surface area contributed by atoms with Crippen molar-refractivity contribution in [2.45, 2.75) is 58.2 Å². The summed E-state index contributed by atoms with van der Waals surface area (Å²) in [5.74, 6) is 2.56. The number of aromatic nitrogens is 2. The first-order valence-electron chi connectivity index (χ1n) is 11.8. The van der Waals surface area contributed by atoms with Gasteiger partial charge in [0.1, 0.15) is 5.60 Å². The van der Waals surface area contributed by atoms with Gasteiger partial charge >= 0.3 is 6.09 Å². The molecule has 7 nitrogen and oxygen atoms in total. The number of rotatable bonds is 5. The Labute approximate surface area is 196 Å². The van der Waals surface area contributed by atoms with E-state index < -0.39 is 5.60 Å². The minimum absolute atomic E-state index is 0.215. The van der Waals surface area contributed by atoms with E-state index in [0.717, 1.165) is 51.3 Å². The summed E-state index contributed by atoms with van der Waals surface area (Å²) in [6.07, 6.45) is 12.0. The first kappa shape index (κ1) is 23.3. The van der Waals surface area contributed by atoms with E-state index in [9.17, 15) is 4.79 Å². The van der Waals surface area contributed by atoms with Crippen LogP contribution in [0.1, 0.15) is 46.5 Å². The van der Waals surface area contributed by atoms with Crippen LogP contribution in [0.15, 0.2) is 24.5 Å². The molecule has 0 spiro atoms. The smallest absolute Gasteiger partial charge is 0.410 e. The minimum atomic E-state index is -0.450. The second-order valence-corrected chi connectivity index (χ2v) is 10.6. The van der Waals surface area contributed by atoms with E-state index in [4.69, 9.17) is 21.1 Å². The van der Waals surface area contributed by atoms with Crippen molar-refractivity contribution in [3.05, 3.63) is 29.6 Å². The Bertz CT molecular complexity index is 794. The van der Waals surface area contributed by atoms with Crippen molar-refractivity contribution in [2.75, 3.05) is 37.7 Å². The highest BCUT2D eigenvalue weighted by Gasteiger charge is 2.35. The third-order valence-corrected chi connectivity index (χ3v) is 6.86. The molecule has 2 aliphatic heterocycles. The van der Waals surface area contributed by atoms with Crippen LogP contribution >= 0.6 is 11.6 Å². The maximum absolute atomic E-state index is 12.2. The van der Waals surface area contributed by atoms with Crippen molar-refractivity contribution in [1.82, 2.24) is 14.9 Å². The fourth-order valence-electron chi connectivity index (χ4n) is 4.80. The summed E-state index contributed by atoms with van der Waals surface area (Å²) >= 11 is 5.90. The standard InChI is InChI=1S/C24H35ClN4O3/c1-24(2,3)32-23(30)29-12-8-20(9-13-29)31-16-18-4-5-21(18)17-6-10-28(11-7-17)22-26-14-19(25)15-27-22/h4-5,14-15,17-18,20-21H,6-13,16H2,1-3H3. The number of anilines is 1. The molecule has 4 rings (SSSR count). The molecular formula is C24H35ClN4O3. The zero-order valence-electron chi connectivity index (χ0n) is 19.4. The number of piperidine rings is 2. The topological polar surface area (TPSA) is 67.8 Å². The summed E-state index contributed by atoms with van der Waals surface area (Å²) in [7, 11) is 0. The molecule has 1 aromatic rings. The van der Waals surface area contributed by atoms with Crippen molar-refractivity contribution >= 4 is 23.6 Å². The molecule has 2 saturated heterocycles. The Morgan fingerprint density at radius 3 is 2.28 bits per heavy atom. The van der Waals surface area contributed by atoms with Crippen molar-refractivity contribution in [3.63, 3.8) is 0 Å². The normalized spacial score (nSPS) is 25.0. The van der Waals surface area contributed by atoms with E-state index in [1.807, 2.05) is 20.8 Å². The predicted molar refractivity (Wildman–Crippen MR) is 125 cm³/mol.